The van der Waals surface area contributed by atoms with Crippen molar-refractivity contribution in [3.8, 4) is 11.5 Å². The summed E-state index contributed by atoms with van der Waals surface area (Å²) in [4.78, 5) is 10.3. The van der Waals surface area contributed by atoms with E-state index in [9.17, 15) is 9.90 Å². The van der Waals surface area contributed by atoms with Crippen LogP contribution in [-0.2, 0) is 0 Å². The molecule has 0 amide bonds. The highest BCUT2D eigenvalue weighted by molar-refractivity contribution is 5.88. The number of carbonyl (C=O) groups is 1. The Bertz CT molecular complexity index is 359. The molecule has 0 aliphatic heterocycles. The van der Waals surface area contributed by atoms with Gasteiger partial charge in [-0.15, -0.1) is 0 Å². The van der Waals surface area contributed by atoms with Crippen molar-refractivity contribution in [2.24, 2.45) is 5.16 Å². The number of aromatic hydroxyl groups is 2. The minimum Gasteiger partial charge on any atom is -0.507 e. The molecule has 1 aromatic carbocycles. The van der Waals surface area contributed by atoms with Gasteiger partial charge in [0.15, 0.2) is 6.29 Å². The van der Waals surface area contributed by atoms with Gasteiger partial charge in [0, 0.05) is 5.56 Å². The zero-order valence-corrected chi connectivity index (χ0v) is 6.51. The molecule has 0 saturated carbocycles. The molecule has 0 spiro atoms. The monoisotopic (exact) mass is 181 g/mol. The third-order valence-corrected chi connectivity index (χ3v) is 1.50. The van der Waals surface area contributed by atoms with Gasteiger partial charge in [0.2, 0.25) is 0 Å². The summed E-state index contributed by atoms with van der Waals surface area (Å²) in [5.74, 6) is -0.514. The number of nitrogens with zero attached hydrogens (tertiary/aromatic N) is 1. The van der Waals surface area contributed by atoms with E-state index >= 15 is 0 Å². The molecule has 0 aliphatic carbocycles. The first-order chi connectivity index (χ1) is 6.19. The normalized spacial score (nSPS) is 10.5. The van der Waals surface area contributed by atoms with Crippen LogP contribution in [0.5, 0.6) is 11.5 Å². The lowest BCUT2D eigenvalue weighted by Gasteiger charge is -2.01. The van der Waals surface area contributed by atoms with Crippen LogP contribution in [-0.4, -0.2) is 27.9 Å². The van der Waals surface area contributed by atoms with Gasteiger partial charge < -0.3 is 15.4 Å². The third-order valence-electron chi connectivity index (χ3n) is 1.50. The lowest BCUT2D eigenvalue weighted by atomic mass is 10.1. The van der Waals surface area contributed by atoms with Gasteiger partial charge in [-0.1, -0.05) is 5.16 Å². The van der Waals surface area contributed by atoms with Crippen LogP contribution in [0.3, 0.4) is 0 Å². The smallest absolute Gasteiger partial charge is 0.153 e. The molecule has 13 heavy (non-hydrogen) atoms. The van der Waals surface area contributed by atoms with Crippen LogP contribution in [0.2, 0.25) is 0 Å². The number of rotatable bonds is 2. The van der Waals surface area contributed by atoms with Crippen LogP contribution in [0.25, 0.3) is 0 Å². The Morgan fingerprint density at radius 3 is 2.23 bits per heavy atom. The van der Waals surface area contributed by atoms with E-state index in [1.54, 1.807) is 0 Å². The molecule has 0 aromatic heterocycles. The average molecular weight is 181 g/mol. The van der Waals surface area contributed by atoms with E-state index in [0.717, 1.165) is 18.3 Å². The second kappa shape index (κ2) is 3.57. The number of phenols is 2. The van der Waals surface area contributed by atoms with Crippen molar-refractivity contribution in [1.29, 1.82) is 0 Å². The minimum absolute atomic E-state index is 0.0208. The highest BCUT2D eigenvalue weighted by Crippen LogP contribution is 2.24. The molecular formula is C8H7NO4. The van der Waals surface area contributed by atoms with Crippen molar-refractivity contribution in [2.45, 2.75) is 0 Å². The first-order valence-electron chi connectivity index (χ1n) is 3.37. The maximum Gasteiger partial charge on any atom is 0.153 e. The molecule has 5 nitrogen and oxygen atoms in total. The van der Waals surface area contributed by atoms with E-state index in [4.69, 9.17) is 10.3 Å². The summed E-state index contributed by atoms with van der Waals surface area (Å²) in [5, 5.41) is 29.2. The number of hydrogen-bond donors (Lipinski definition) is 3. The Hall–Kier alpha value is -2.04. The molecule has 0 atom stereocenters. The van der Waals surface area contributed by atoms with Crippen molar-refractivity contribution in [1.82, 2.24) is 0 Å². The standard InChI is InChI=1S/C8H7NO4/c10-4-6-2-7(11)5(3-9-13)1-8(6)12/h1-4,11-13H. The highest BCUT2D eigenvalue weighted by atomic mass is 16.4. The lowest BCUT2D eigenvalue weighted by molar-refractivity contribution is 0.112. The maximum atomic E-state index is 10.3. The van der Waals surface area contributed by atoms with E-state index in [-0.39, 0.29) is 22.6 Å². The number of hydrogen-bond acceptors (Lipinski definition) is 5. The quantitative estimate of drug-likeness (QED) is 0.206. The second-order valence-corrected chi connectivity index (χ2v) is 2.33. The minimum atomic E-state index is -0.275. The van der Waals surface area contributed by atoms with Gasteiger partial charge in [-0.3, -0.25) is 4.79 Å². The Balaban J connectivity index is 3.27. The number of carbonyl (C=O) groups excluding carboxylic acids is 1. The van der Waals surface area contributed by atoms with Gasteiger partial charge in [-0.25, -0.2) is 0 Å². The van der Waals surface area contributed by atoms with Crippen LogP contribution in [0, 0.1) is 0 Å². The summed E-state index contributed by atoms with van der Waals surface area (Å²) in [5.41, 5.74) is 0.109. The fourth-order valence-electron chi connectivity index (χ4n) is 0.869. The predicted molar refractivity (Wildman–Crippen MR) is 44.5 cm³/mol. The maximum absolute atomic E-state index is 10.3. The van der Waals surface area contributed by atoms with E-state index in [1.807, 2.05) is 0 Å². The molecule has 0 radical (unpaired) electrons. The predicted octanol–water partition coefficient (Wildman–Crippen LogP) is 0.718. The number of benzene rings is 1. The van der Waals surface area contributed by atoms with E-state index < -0.39 is 0 Å². The summed E-state index contributed by atoms with van der Waals surface area (Å²) in [6.45, 7) is 0. The van der Waals surface area contributed by atoms with E-state index in [0.29, 0.717) is 6.29 Å². The van der Waals surface area contributed by atoms with Crippen molar-refractivity contribution < 1.29 is 20.2 Å². The van der Waals surface area contributed by atoms with E-state index in [2.05, 4.69) is 5.16 Å². The summed E-state index contributed by atoms with van der Waals surface area (Å²) in [6, 6.07) is 2.21. The zero-order chi connectivity index (χ0) is 9.84. The lowest BCUT2D eigenvalue weighted by Crippen LogP contribution is -1.87. The molecule has 3 N–H and O–H groups in total. The van der Waals surface area contributed by atoms with Crippen molar-refractivity contribution in [3.63, 3.8) is 0 Å². The van der Waals surface area contributed by atoms with Gasteiger partial charge in [-0.2, -0.15) is 0 Å². The van der Waals surface area contributed by atoms with Crippen LogP contribution < -0.4 is 0 Å². The molecule has 0 saturated heterocycles. The van der Waals surface area contributed by atoms with Gasteiger partial charge in [0.05, 0.1) is 11.8 Å². The number of oxime groups is 1. The molecule has 0 heterocycles. The summed E-state index contributed by atoms with van der Waals surface area (Å²) >= 11 is 0. The van der Waals surface area contributed by atoms with Gasteiger partial charge in [-0.05, 0) is 12.1 Å². The largest absolute Gasteiger partial charge is 0.507 e. The zero-order valence-electron chi connectivity index (χ0n) is 6.51. The van der Waals surface area contributed by atoms with Gasteiger partial charge >= 0.3 is 0 Å². The Morgan fingerprint density at radius 2 is 1.69 bits per heavy atom. The summed E-state index contributed by atoms with van der Waals surface area (Å²) in [7, 11) is 0. The fraction of sp³-hybridized carbons (Fsp3) is 0. The number of aldehydes is 1. The van der Waals surface area contributed by atoms with Crippen LogP contribution >= 0.6 is 0 Å². The Morgan fingerprint density at radius 1 is 1.15 bits per heavy atom. The first-order valence-corrected chi connectivity index (χ1v) is 3.37. The van der Waals surface area contributed by atoms with Crippen LogP contribution in [0.1, 0.15) is 15.9 Å². The van der Waals surface area contributed by atoms with Crippen LogP contribution in [0.15, 0.2) is 17.3 Å². The summed E-state index contributed by atoms with van der Waals surface area (Å²) in [6.07, 6.45) is 1.36. The molecule has 0 unspecified atom stereocenters. The average Bonchev–Trinajstić information content (AvgIpc) is 2.11. The molecule has 1 aromatic rings. The molecule has 0 aliphatic rings. The Kier molecular flexibility index (Phi) is 2.49. The number of phenolic OH excluding ortho intramolecular Hbond substituents is 2. The molecule has 68 valence electrons. The van der Waals surface area contributed by atoms with Gasteiger partial charge in [0.25, 0.3) is 0 Å². The molecular weight excluding hydrogens is 174 g/mol. The van der Waals surface area contributed by atoms with Crippen molar-refractivity contribution >= 4 is 12.5 Å². The van der Waals surface area contributed by atoms with Crippen LogP contribution in [0.4, 0.5) is 0 Å². The molecule has 5 heteroatoms. The van der Waals surface area contributed by atoms with E-state index in [1.165, 1.54) is 0 Å². The highest BCUT2D eigenvalue weighted by Gasteiger charge is 2.06. The van der Waals surface area contributed by atoms with Gasteiger partial charge in [0.1, 0.15) is 11.5 Å². The van der Waals surface area contributed by atoms with Crippen molar-refractivity contribution in [2.75, 3.05) is 0 Å². The fourth-order valence-corrected chi connectivity index (χ4v) is 0.869. The second-order valence-electron chi connectivity index (χ2n) is 2.33. The third kappa shape index (κ3) is 1.76. The molecule has 0 fully saturated rings. The topological polar surface area (TPSA) is 90.1 Å². The Labute approximate surface area is 73.6 Å². The van der Waals surface area contributed by atoms with Crippen molar-refractivity contribution in [3.05, 3.63) is 23.3 Å². The SMILES string of the molecule is O=Cc1cc(O)c(C=NO)cc1O. The molecule has 0 bridgehead atoms. The summed E-state index contributed by atoms with van der Waals surface area (Å²) < 4.78 is 0. The first kappa shape index (κ1) is 9.05. The molecule has 1 rings (SSSR count).